The van der Waals surface area contributed by atoms with E-state index in [4.69, 9.17) is 9.72 Å². The van der Waals surface area contributed by atoms with E-state index in [1.165, 1.54) is 5.56 Å². The Morgan fingerprint density at radius 3 is 2.75 bits per heavy atom. The van der Waals surface area contributed by atoms with E-state index < -0.39 is 0 Å². The summed E-state index contributed by atoms with van der Waals surface area (Å²) < 4.78 is 7.74. The molecular weight excluding hydrogens is 370 g/mol. The molecule has 0 unspecified atom stereocenters. The number of para-hydroxylation sites is 1. The van der Waals surface area contributed by atoms with Gasteiger partial charge in [0, 0.05) is 31.9 Å². The highest BCUT2D eigenvalue weighted by atomic mass is 32.2. The number of ether oxygens (including phenoxy) is 1. The molecule has 1 saturated heterocycles. The number of fused-ring (bicyclic) bond motifs is 1. The molecule has 4 rings (SSSR count). The molecule has 2 heterocycles. The lowest BCUT2D eigenvalue weighted by molar-refractivity contribution is -0.0187. The van der Waals surface area contributed by atoms with Crippen LogP contribution in [0.2, 0.25) is 0 Å². The van der Waals surface area contributed by atoms with E-state index in [9.17, 15) is 4.79 Å². The summed E-state index contributed by atoms with van der Waals surface area (Å²) in [7, 11) is 0. The standard InChI is InChI=1S/C22H25N3O2S/c1-2-25-21(26)19-10-6-7-11-20(19)23-22(25)28-16-18-15-24(12-13-27-18)14-17-8-4-3-5-9-17/h3-11,18H,2,12-16H2,1H3/t18-/m0/s1. The van der Waals surface area contributed by atoms with E-state index in [1.54, 1.807) is 16.3 Å². The van der Waals surface area contributed by atoms with Crippen molar-refractivity contribution in [3.8, 4) is 0 Å². The van der Waals surface area contributed by atoms with Crippen LogP contribution in [0.3, 0.4) is 0 Å². The van der Waals surface area contributed by atoms with E-state index in [1.807, 2.05) is 37.3 Å². The highest BCUT2D eigenvalue weighted by molar-refractivity contribution is 7.99. The zero-order valence-electron chi connectivity index (χ0n) is 16.1. The van der Waals surface area contributed by atoms with Crippen LogP contribution < -0.4 is 5.56 Å². The van der Waals surface area contributed by atoms with E-state index in [0.717, 1.165) is 42.7 Å². The van der Waals surface area contributed by atoms with Crippen molar-refractivity contribution >= 4 is 22.7 Å². The first-order valence-electron chi connectivity index (χ1n) is 9.75. The van der Waals surface area contributed by atoms with Crippen LogP contribution in [-0.4, -0.2) is 46.0 Å². The van der Waals surface area contributed by atoms with E-state index >= 15 is 0 Å². The number of benzene rings is 2. The number of hydrogen-bond acceptors (Lipinski definition) is 5. The number of thioether (sulfide) groups is 1. The quantitative estimate of drug-likeness (QED) is 0.473. The van der Waals surface area contributed by atoms with Crippen molar-refractivity contribution in [1.29, 1.82) is 0 Å². The maximum absolute atomic E-state index is 12.8. The third kappa shape index (κ3) is 4.29. The van der Waals surface area contributed by atoms with Gasteiger partial charge in [0.25, 0.3) is 5.56 Å². The predicted molar refractivity (Wildman–Crippen MR) is 114 cm³/mol. The molecule has 1 aliphatic heterocycles. The summed E-state index contributed by atoms with van der Waals surface area (Å²) in [6, 6.07) is 18.1. The van der Waals surface area contributed by atoms with Crippen molar-refractivity contribution in [2.45, 2.75) is 31.3 Å². The Balaban J connectivity index is 1.44. The van der Waals surface area contributed by atoms with E-state index in [-0.39, 0.29) is 11.7 Å². The van der Waals surface area contributed by atoms with Gasteiger partial charge in [0.15, 0.2) is 5.16 Å². The molecule has 1 atom stereocenters. The number of aromatic nitrogens is 2. The maximum atomic E-state index is 12.8. The monoisotopic (exact) mass is 395 g/mol. The molecule has 0 saturated carbocycles. The molecule has 5 nitrogen and oxygen atoms in total. The molecule has 0 radical (unpaired) electrons. The molecule has 28 heavy (non-hydrogen) atoms. The van der Waals surface area contributed by atoms with Crippen LogP contribution in [0.1, 0.15) is 12.5 Å². The molecule has 0 spiro atoms. The van der Waals surface area contributed by atoms with Crippen molar-refractivity contribution in [2.24, 2.45) is 0 Å². The summed E-state index contributed by atoms with van der Waals surface area (Å²) in [6.45, 7) is 6.13. The normalized spacial score (nSPS) is 17.8. The van der Waals surface area contributed by atoms with Gasteiger partial charge >= 0.3 is 0 Å². The molecule has 146 valence electrons. The number of morpholine rings is 1. The predicted octanol–water partition coefficient (Wildman–Crippen LogP) is 3.41. The SMILES string of the molecule is CCn1c(SC[C@@H]2CN(Cc3ccccc3)CCO2)nc2ccccc2c1=O. The van der Waals surface area contributed by atoms with E-state index in [0.29, 0.717) is 11.9 Å². The fourth-order valence-corrected chi connectivity index (χ4v) is 4.64. The molecule has 2 aromatic carbocycles. The summed E-state index contributed by atoms with van der Waals surface area (Å²) in [6.07, 6.45) is 0.135. The Morgan fingerprint density at radius 1 is 1.14 bits per heavy atom. The molecule has 1 fully saturated rings. The van der Waals surface area contributed by atoms with Crippen LogP contribution >= 0.6 is 11.8 Å². The van der Waals surface area contributed by atoms with Gasteiger partial charge in [-0.1, -0.05) is 54.2 Å². The first-order chi connectivity index (χ1) is 13.7. The Bertz CT molecular complexity index is 990. The van der Waals surface area contributed by atoms with Crippen molar-refractivity contribution in [1.82, 2.24) is 14.5 Å². The summed E-state index contributed by atoms with van der Waals surface area (Å²) in [5.74, 6) is 0.788. The van der Waals surface area contributed by atoms with Gasteiger partial charge in [-0.2, -0.15) is 0 Å². The minimum atomic E-state index is 0.0332. The van der Waals surface area contributed by atoms with Crippen molar-refractivity contribution in [2.75, 3.05) is 25.4 Å². The fraction of sp³-hybridized carbons (Fsp3) is 0.364. The van der Waals surface area contributed by atoms with Crippen LogP contribution in [0.5, 0.6) is 0 Å². The van der Waals surface area contributed by atoms with Crippen LogP contribution in [0.25, 0.3) is 10.9 Å². The van der Waals surface area contributed by atoms with Crippen LogP contribution in [0.4, 0.5) is 0 Å². The van der Waals surface area contributed by atoms with Crippen molar-refractivity contribution in [3.63, 3.8) is 0 Å². The summed E-state index contributed by atoms with van der Waals surface area (Å²) in [4.78, 5) is 19.9. The maximum Gasteiger partial charge on any atom is 0.262 e. The topological polar surface area (TPSA) is 47.4 Å². The van der Waals surface area contributed by atoms with Crippen molar-refractivity contribution < 1.29 is 4.74 Å². The molecule has 3 aromatic rings. The highest BCUT2D eigenvalue weighted by Gasteiger charge is 2.22. The Hall–Kier alpha value is -2.15. The summed E-state index contributed by atoms with van der Waals surface area (Å²) in [5.41, 5.74) is 2.12. The van der Waals surface area contributed by atoms with Gasteiger partial charge in [0.1, 0.15) is 0 Å². The first-order valence-corrected chi connectivity index (χ1v) is 10.7. The highest BCUT2D eigenvalue weighted by Crippen LogP contribution is 2.21. The van der Waals surface area contributed by atoms with E-state index in [2.05, 4.69) is 29.2 Å². The molecular formula is C22H25N3O2S. The Morgan fingerprint density at radius 2 is 1.93 bits per heavy atom. The molecule has 1 aliphatic rings. The summed E-state index contributed by atoms with van der Waals surface area (Å²) in [5, 5.41) is 1.45. The van der Waals surface area contributed by atoms with Gasteiger partial charge in [0.2, 0.25) is 0 Å². The molecule has 0 amide bonds. The zero-order chi connectivity index (χ0) is 19.3. The van der Waals surface area contributed by atoms with Crippen LogP contribution in [-0.2, 0) is 17.8 Å². The second-order valence-electron chi connectivity index (χ2n) is 6.99. The first kappa shape index (κ1) is 19.2. The molecule has 0 aliphatic carbocycles. The van der Waals surface area contributed by atoms with Gasteiger partial charge in [-0.3, -0.25) is 14.3 Å². The molecule has 0 bridgehead atoms. The third-order valence-corrected chi connectivity index (χ3v) is 6.12. The van der Waals surface area contributed by atoms with Gasteiger partial charge < -0.3 is 4.74 Å². The van der Waals surface area contributed by atoms with Crippen LogP contribution in [0, 0.1) is 0 Å². The smallest absolute Gasteiger partial charge is 0.262 e. The fourth-order valence-electron chi connectivity index (χ4n) is 3.57. The number of nitrogens with zero attached hydrogens (tertiary/aromatic N) is 3. The van der Waals surface area contributed by atoms with Gasteiger partial charge in [-0.15, -0.1) is 0 Å². The lowest BCUT2D eigenvalue weighted by atomic mass is 10.2. The lowest BCUT2D eigenvalue weighted by Gasteiger charge is -2.32. The average Bonchev–Trinajstić information content (AvgIpc) is 2.73. The zero-order valence-corrected chi connectivity index (χ0v) is 16.9. The van der Waals surface area contributed by atoms with Gasteiger partial charge in [-0.05, 0) is 24.6 Å². The summed E-state index contributed by atoms with van der Waals surface area (Å²) >= 11 is 1.62. The lowest BCUT2D eigenvalue weighted by Crippen LogP contribution is -2.43. The minimum Gasteiger partial charge on any atom is -0.375 e. The Kier molecular flexibility index (Phi) is 6.10. The largest absolute Gasteiger partial charge is 0.375 e. The second-order valence-corrected chi connectivity index (χ2v) is 7.97. The number of hydrogen-bond donors (Lipinski definition) is 0. The minimum absolute atomic E-state index is 0.0332. The number of rotatable bonds is 6. The van der Waals surface area contributed by atoms with Crippen molar-refractivity contribution in [3.05, 3.63) is 70.5 Å². The van der Waals surface area contributed by atoms with Crippen LogP contribution in [0.15, 0.2) is 64.5 Å². The molecule has 6 heteroatoms. The average molecular weight is 396 g/mol. The van der Waals surface area contributed by atoms with Gasteiger partial charge in [0.05, 0.1) is 23.6 Å². The third-order valence-electron chi connectivity index (χ3n) is 5.01. The second kappa shape index (κ2) is 8.90. The molecule has 1 aromatic heterocycles. The van der Waals surface area contributed by atoms with Gasteiger partial charge in [-0.25, -0.2) is 4.98 Å². The Labute approximate surface area is 169 Å². The molecule has 0 N–H and O–H groups in total.